The summed E-state index contributed by atoms with van der Waals surface area (Å²) in [4.78, 5) is 26.1. The van der Waals surface area contributed by atoms with Gasteiger partial charge in [0.1, 0.15) is 0 Å². The van der Waals surface area contributed by atoms with Gasteiger partial charge >= 0.3 is 5.97 Å². The first kappa shape index (κ1) is 16.9. The molecule has 1 aromatic rings. The van der Waals surface area contributed by atoms with Gasteiger partial charge in [0.05, 0.1) is 22.5 Å². The summed E-state index contributed by atoms with van der Waals surface area (Å²) < 4.78 is 29.2. The van der Waals surface area contributed by atoms with Gasteiger partial charge in [-0.05, 0) is 18.6 Å². The lowest BCUT2D eigenvalue weighted by Crippen LogP contribution is -2.45. The smallest absolute Gasteiger partial charge is 0.311 e. The van der Waals surface area contributed by atoms with Crippen LogP contribution in [-0.2, 0) is 19.4 Å². The standard InChI is InChI=1S/C16H19NO6S/c1-24(21,22)13-5-3-2-4-12(13)14(18)17-8-11-9-23-7-6-16(11,10-17)15(19)20/h2-5,11H,6-10H2,1H3,(H,19,20)/t11-,16+/m0/s1. The van der Waals surface area contributed by atoms with Crippen molar-refractivity contribution in [2.24, 2.45) is 11.3 Å². The van der Waals surface area contributed by atoms with Gasteiger partial charge in [-0.15, -0.1) is 0 Å². The number of carbonyl (C=O) groups excluding carboxylic acids is 1. The number of amides is 1. The average molecular weight is 353 g/mol. The molecule has 1 amide bonds. The van der Waals surface area contributed by atoms with Gasteiger partial charge in [0.2, 0.25) is 0 Å². The molecule has 2 aliphatic heterocycles. The summed E-state index contributed by atoms with van der Waals surface area (Å²) in [6.45, 7) is 0.977. The number of nitrogens with zero attached hydrogens (tertiary/aromatic N) is 1. The van der Waals surface area contributed by atoms with Crippen LogP contribution >= 0.6 is 0 Å². The number of carbonyl (C=O) groups is 2. The normalized spacial score (nSPS) is 26.9. The van der Waals surface area contributed by atoms with Crippen LogP contribution in [0, 0.1) is 11.3 Å². The highest BCUT2D eigenvalue weighted by atomic mass is 32.2. The number of ether oxygens (including phenoxy) is 1. The molecular formula is C16H19NO6S. The van der Waals surface area contributed by atoms with Gasteiger partial charge < -0.3 is 14.7 Å². The van der Waals surface area contributed by atoms with E-state index in [1.807, 2.05) is 0 Å². The fourth-order valence-electron chi connectivity index (χ4n) is 3.59. The highest BCUT2D eigenvalue weighted by Crippen LogP contribution is 2.43. The number of rotatable bonds is 3. The van der Waals surface area contributed by atoms with Crippen LogP contribution in [0.5, 0.6) is 0 Å². The Morgan fingerprint density at radius 1 is 1.33 bits per heavy atom. The maximum Gasteiger partial charge on any atom is 0.311 e. The Balaban J connectivity index is 1.95. The molecule has 2 saturated heterocycles. The number of carboxylic acid groups (broad SMARTS) is 1. The van der Waals surface area contributed by atoms with Crippen LogP contribution in [0.25, 0.3) is 0 Å². The summed E-state index contributed by atoms with van der Waals surface area (Å²) in [6.07, 6.45) is 1.40. The van der Waals surface area contributed by atoms with E-state index >= 15 is 0 Å². The van der Waals surface area contributed by atoms with E-state index in [2.05, 4.69) is 0 Å². The number of sulfone groups is 1. The van der Waals surface area contributed by atoms with E-state index in [9.17, 15) is 23.1 Å². The molecule has 0 bridgehead atoms. The molecule has 0 aromatic heterocycles. The number of fused-ring (bicyclic) bond motifs is 1. The SMILES string of the molecule is CS(=O)(=O)c1ccccc1C(=O)N1C[C@H]2COCC[C@@]2(C(=O)O)C1. The molecule has 0 saturated carbocycles. The molecule has 0 unspecified atom stereocenters. The molecule has 3 rings (SSSR count). The van der Waals surface area contributed by atoms with E-state index in [0.29, 0.717) is 19.6 Å². The Hall–Kier alpha value is -1.93. The number of likely N-dealkylation sites (tertiary alicyclic amines) is 1. The summed E-state index contributed by atoms with van der Waals surface area (Å²) in [6, 6.07) is 6.01. The zero-order chi connectivity index (χ0) is 17.5. The Bertz CT molecular complexity index is 790. The van der Waals surface area contributed by atoms with Crippen LogP contribution < -0.4 is 0 Å². The second-order valence-corrected chi connectivity index (χ2v) is 8.42. The van der Waals surface area contributed by atoms with Crippen molar-refractivity contribution in [3.8, 4) is 0 Å². The summed E-state index contributed by atoms with van der Waals surface area (Å²) in [5.41, 5.74) is -0.923. The van der Waals surface area contributed by atoms with Crippen molar-refractivity contribution < 1.29 is 27.9 Å². The van der Waals surface area contributed by atoms with Crippen LogP contribution in [0.3, 0.4) is 0 Å². The van der Waals surface area contributed by atoms with Crippen molar-refractivity contribution in [3.63, 3.8) is 0 Å². The second kappa shape index (κ2) is 5.86. The molecule has 0 spiro atoms. The van der Waals surface area contributed by atoms with E-state index in [0.717, 1.165) is 6.26 Å². The van der Waals surface area contributed by atoms with Gasteiger partial charge in [-0.3, -0.25) is 9.59 Å². The second-order valence-electron chi connectivity index (χ2n) is 6.44. The maximum atomic E-state index is 12.9. The van der Waals surface area contributed by atoms with E-state index < -0.39 is 27.1 Å². The van der Waals surface area contributed by atoms with Gasteiger partial charge in [-0.25, -0.2) is 8.42 Å². The van der Waals surface area contributed by atoms with Gasteiger partial charge in [-0.1, -0.05) is 12.1 Å². The average Bonchev–Trinajstić information content (AvgIpc) is 2.94. The van der Waals surface area contributed by atoms with Crippen LogP contribution in [0.15, 0.2) is 29.2 Å². The molecule has 0 radical (unpaired) electrons. The van der Waals surface area contributed by atoms with Crippen molar-refractivity contribution >= 4 is 21.7 Å². The quantitative estimate of drug-likeness (QED) is 0.856. The molecule has 0 aliphatic carbocycles. The van der Waals surface area contributed by atoms with Crippen molar-refractivity contribution in [2.75, 3.05) is 32.6 Å². The first-order valence-electron chi connectivity index (χ1n) is 7.65. The van der Waals surface area contributed by atoms with E-state index in [4.69, 9.17) is 4.74 Å². The molecule has 2 aliphatic rings. The van der Waals surface area contributed by atoms with Gasteiger partial charge in [0.15, 0.2) is 9.84 Å². The predicted octanol–water partition coefficient (Wildman–Crippen LogP) is 0.653. The van der Waals surface area contributed by atoms with E-state index in [-0.39, 0.29) is 29.5 Å². The highest BCUT2D eigenvalue weighted by Gasteiger charge is 2.55. The highest BCUT2D eigenvalue weighted by molar-refractivity contribution is 7.90. The van der Waals surface area contributed by atoms with E-state index in [1.165, 1.54) is 17.0 Å². The molecule has 1 aromatic carbocycles. The number of carboxylic acids is 1. The largest absolute Gasteiger partial charge is 0.481 e. The van der Waals surface area contributed by atoms with Crippen molar-refractivity contribution in [1.29, 1.82) is 0 Å². The monoisotopic (exact) mass is 353 g/mol. The summed E-state index contributed by atoms with van der Waals surface area (Å²) in [7, 11) is -3.55. The molecule has 24 heavy (non-hydrogen) atoms. The number of benzene rings is 1. The zero-order valence-electron chi connectivity index (χ0n) is 13.3. The first-order chi connectivity index (χ1) is 11.3. The van der Waals surface area contributed by atoms with Crippen LogP contribution in [0.4, 0.5) is 0 Å². The summed E-state index contributed by atoms with van der Waals surface area (Å²) in [5.74, 6) is -1.66. The van der Waals surface area contributed by atoms with Gasteiger partial charge in [-0.2, -0.15) is 0 Å². The first-order valence-corrected chi connectivity index (χ1v) is 9.54. The summed E-state index contributed by atoms with van der Waals surface area (Å²) in [5, 5.41) is 9.66. The van der Waals surface area contributed by atoms with Crippen LogP contribution in [0.1, 0.15) is 16.8 Å². The predicted molar refractivity (Wildman–Crippen MR) is 84.5 cm³/mol. The molecule has 2 atom stereocenters. The van der Waals surface area contributed by atoms with Crippen LogP contribution in [0.2, 0.25) is 0 Å². The lowest BCUT2D eigenvalue weighted by atomic mass is 9.74. The molecule has 1 N–H and O–H groups in total. The van der Waals surface area contributed by atoms with E-state index in [1.54, 1.807) is 12.1 Å². The molecule has 7 nitrogen and oxygen atoms in total. The third kappa shape index (κ3) is 2.69. The van der Waals surface area contributed by atoms with Crippen molar-refractivity contribution in [3.05, 3.63) is 29.8 Å². The Kier molecular flexibility index (Phi) is 4.13. The number of hydrogen-bond acceptors (Lipinski definition) is 5. The van der Waals surface area contributed by atoms with Crippen molar-refractivity contribution in [2.45, 2.75) is 11.3 Å². The fraction of sp³-hybridized carbons (Fsp3) is 0.500. The lowest BCUT2D eigenvalue weighted by Gasteiger charge is -2.33. The molecule has 2 fully saturated rings. The summed E-state index contributed by atoms with van der Waals surface area (Å²) >= 11 is 0. The Morgan fingerprint density at radius 2 is 2.04 bits per heavy atom. The maximum absolute atomic E-state index is 12.9. The third-order valence-corrected chi connectivity index (χ3v) is 6.09. The minimum absolute atomic E-state index is 0.0366. The van der Waals surface area contributed by atoms with Crippen LogP contribution in [-0.4, -0.2) is 62.9 Å². The minimum Gasteiger partial charge on any atom is -0.481 e. The molecular weight excluding hydrogens is 334 g/mol. The topological polar surface area (TPSA) is 101 Å². The minimum atomic E-state index is -3.55. The van der Waals surface area contributed by atoms with Gasteiger partial charge in [0.25, 0.3) is 5.91 Å². The zero-order valence-corrected chi connectivity index (χ0v) is 14.1. The molecule has 2 heterocycles. The number of hydrogen-bond donors (Lipinski definition) is 1. The third-order valence-electron chi connectivity index (χ3n) is 4.94. The molecule has 8 heteroatoms. The fourth-order valence-corrected chi connectivity index (χ4v) is 4.47. The molecule has 130 valence electrons. The Morgan fingerprint density at radius 3 is 2.67 bits per heavy atom. The van der Waals surface area contributed by atoms with Crippen molar-refractivity contribution in [1.82, 2.24) is 4.90 Å². The Labute approximate surface area is 140 Å². The lowest BCUT2D eigenvalue weighted by molar-refractivity contribution is -0.157. The number of aliphatic carboxylic acids is 1. The van der Waals surface area contributed by atoms with Gasteiger partial charge in [0, 0.05) is 31.9 Å².